The van der Waals surface area contributed by atoms with Gasteiger partial charge in [0.1, 0.15) is 5.75 Å². The third-order valence-electron chi connectivity index (χ3n) is 3.76. The van der Waals surface area contributed by atoms with Gasteiger partial charge in [0.2, 0.25) is 0 Å². The summed E-state index contributed by atoms with van der Waals surface area (Å²) in [5.74, 6) is 2.15. The van der Waals surface area contributed by atoms with Crippen LogP contribution in [0.3, 0.4) is 0 Å². The first-order valence-corrected chi connectivity index (χ1v) is 5.45. The van der Waals surface area contributed by atoms with Crippen molar-refractivity contribution in [2.75, 3.05) is 13.7 Å². The van der Waals surface area contributed by atoms with Crippen LogP contribution in [0.2, 0.25) is 0 Å². The molecule has 0 radical (unpaired) electrons. The van der Waals surface area contributed by atoms with E-state index in [4.69, 9.17) is 10.5 Å². The van der Waals surface area contributed by atoms with Gasteiger partial charge in [0, 0.05) is 0 Å². The van der Waals surface area contributed by atoms with Gasteiger partial charge in [0.15, 0.2) is 0 Å². The molecule has 0 amide bonds. The third-order valence-corrected chi connectivity index (χ3v) is 3.76. The largest absolute Gasteiger partial charge is 0.497 e. The highest BCUT2D eigenvalue weighted by Gasteiger charge is 2.57. The van der Waals surface area contributed by atoms with Gasteiger partial charge in [-0.3, -0.25) is 0 Å². The van der Waals surface area contributed by atoms with Crippen molar-refractivity contribution in [2.24, 2.45) is 17.1 Å². The molecule has 2 nitrogen and oxygen atoms in total. The first kappa shape index (κ1) is 10.5. The van der Waals surface area contributed by atoms with Crippen LogP contribution < -0.4 is 10.5 Å². The van der Waals surface area contributed by atoms with Gasteiger partial charge in [-0.25, -0.2) is 0 Å². The first-order chi connectivity index (χ1) is 7.11. The zero-order valence-corrected chi connectivity index (χ0v) is 9.66. The second-order valence-corrected chi connectivity index (χ2v) is 4.92. The van der Waals surface area contributed by atoms with E-state index in [1.165, 1.54) is 5.56 Å². The van der Waals surface area contributed by atoms with Gasteiger partial charge in [-0.05, 0) is 41.5 Å². The predicted molar refractivity (Wildman–Crippen MR) is 62.1 cm³/mol. The lowest BCUT2D eigenvalue weighted by Crippen LogP contribution is -2.05. The van der Waals surface area contributed by atoms with E-state index in [0.29, 0.717) is 17.3 Å². The van der Waals surface area contributed by atoms with Crippen LogP contribution in [-0.2, 0) is 0 Å². The minimum absolute atomic E-state index is 0.348. The summed E-state index contributed by atoms with van der Waals surface area (Å²) in [6, 6.07) is 8.33. The minimum atomic E-state index is 0.348. The minimum Gasteiger partial charge on any atom is -0.497 e. The number of hydrogen-bond donors (Lipinski definition) is 1. The van der Waals surface area contributed by atoms with Crippen LogP contribution in [0.15, 0.2) is 24.3 Å². The average molecular weight is 205 g/mol. The second-order valence-electron chi connectivity index (χ2n) is 4.92. The van der Waals surface area contributed by atoms with Gasteiger partial charge < -0.3 is 10.5 Å². The fourth-order valence-electron chi connectivity index (χ4n) is 2.68. The Hall–Kier alpha value is -1.02. The Bertz CT molecular complexity index is 359. The molecule has 0 unspecified atom stereocenters. The van der Waals surface area contributed by atoms with Crippen LogP contribution in [0.4, 0.5) is 0 Å². The quantitative estimate of drug-likeness (QED) is 0.822. The lowest BCUT2D eigenvalue weighted by Gasteiger charge is -2.05. The summed E-state index contributed by atoms with van der Waals surface area (Å²) in [5.41, 5.74) is 7.48. The molecule has 15 heavy (non-hydrogen) atoms. The maximum atomic E-state index is 5.78. The lowest BCUT2D eigenvalue weighted by molar-refractivity contribution is 0.414. The summed E-state index contributed by atoms with van der Waals surface area (Å²) >= 11 is 0. The molecule has 2 N–H and O–H groups in total. The van der Waals surface area contributed by atoms with Crippen molar-refractivity contribution < 1.29 is 4.74 Å². The topological polar surface area (TPSA) is 35.2 Å². The van der Waals surface area contributed by atoms with Gasteiger partial charge in [0.05, 0.1) is 7.11 Å². The summed E-state index contributed by atoms with van der Waals surface area (Å²) in [5, 5.41) is 0. The van der Waals surface area contributed by atoms with E-state index < -0.39 is 0 Å². The van der Waals surface area contributed by atoms with Crippen molar-refractivity contribution in [3.05, 3.63) is 29.8 Å². The summed E-state index contributed by atoms with van der Waals surface area (Å²) in [6.45, 7) is 5.35. The van der Waals surface area contributed by atoms with E-state index in [2.05, 4.69) is 32.0 Å². The highest BCUT2D eigenvalue weighted by Crippen LogP contribution is 2.63. The standard InChI is InChI=1S/C13H19NO/c1-13(2)11(8-14)12(13)9-5-4-6-10(7-9)15-3/h4-7,11-12H,8,14H2,1-3H3/t11-,12-/m0/s1. The van der Waals surface area contributed by atoms with Crippen molar-refractivity contribution in [1.29, 1.82) is 0 Å². The molecule has 0 aliphatic heterocycles. The van der Waals surface area contributed by atoms with Crippen LogP contribution in [0.5, 0.6) is 5.75 Å². The van der Waals surface area contributed by atoms with Gasteiger partial charge in [-0.15, -0.1) is 0 Å². The average Bonchev–Trinajstić information content (AvgIpc) is 2.80. The molecule has 1 saturated carbocycles. The Balaban J connectivity index is 2.24. The van der Waals surface area contributed by atoms with E-state index in [9.17, 15) is 0 Å². The molecule has 0 saturated heterocycles. The Labute approximate surface area is 91.4 Å². The number of rotatable bonds is 3. The molecule has 1 fully saturated rings. The molecule has 0 bridgehead atoms. The summed E-state index contributed by atoms with van der Waals surface area (Å²) in [6.07, 6.45) is 0. The Morgan fingerprint density at radius 3 is 2.67 bits per heavy atom. The number of hydrogen-bond acceptors (Lipinski definition) is 2. The lowest BCUT2D eigenvalue weighted by atomic mass is 10.0. The predicted octanol–water partition coefficient (Wildman–Crippen LogP) is 2.39. The maximum absolute atomic E-state index is 5.78. The van der Waals surface area contributed by atoms with E-state index >= 15 is 0 Å². The molecule has 2 heteroatoms. The van der Waals surface area contributed by atoms with E-state index in [1.54, 1.807) is 7.11 Å². The number of benzene rings is 1. The van der Waals surface area contributed by atoms with Crippen LogP contribution in [0.25, 0.3) is 0 Å². The van der Waals surface area contributed by atoms with Gasteiger partial charge in [-0.2, -0.15) is 0 Å². The summed E-state index contributed by atoms with van der Waals surface area (Å²) in [7, 11) is 1.71. The van der Waals surface area contributed by atoms with E-state index in [-0.39, 0.29) is 0 Å². The monoisotopic (exact) mass is 205 g/mol. The molecule has 1 aliphatic rings. The SMILES string of the molecule is COc1cccc([C@H]2[C@H](CN)C2(C)C)c1. The smallest absolute Gasteiger partial charge is 0.119 e. The Morgan fingerprint density at radius 1 is 1.40 bits per heavy atom. The van der Waals surface area contributed by atoms with Gasteiger partial charge in [-0.1, -0.05) is 26.0 Å². The van der Waals surface area contributed by atoms with Crippen molar-refractivity contribution in [2.45, 2.75) is 19.8 Å². The molecule has 1 aliphatic carbocycles. The Morgan fingerprint density at radius 2 is 2.13 bits per heavy atom. The van der Waals surface area contributed by atoms with E-state index in [0.717, 1.165) is 12.3 Å². The van der Waals surface area contributed by atoms with Crippen molar-refractivity contribution in [3.63, 3.8) is 0 Å². The number of ether oxygens (including phenoxy) is 1. The first-order valence-electron chi connectivity index (χ1n) is 5.45. The maximum Gasteiger partial charge on any atom is 0.119 e. The third kappa shape index (κ3) is 1.63. The van der Waals surface area contributed by atoms with Gasteiger partial charge >= 0.3 is 0 Å². The summed E-state index contributed by atoms with van der Waals surface area (Å²) in [4.78, 5) is 0. The molecular formula is C13H19NO. The molecule has 82 valence electrons. The van der Waals surface area contributed by atoms with Crippen molar-refractivity contribution >= 4 is 0 Å². The molecule has 1 aromatic carbocycles. The molecule has 2 rings (SSSR count). The molecule has 1 aromatic rings. The highest BCUT2D eigenvalue weighted by molar-refractivity contribution is 5.37. The van der Waals surface area contributed by atoms with Crippen LogP contribution >= 0.6 is 0 Å². The Kier molecular flexibility index (Phi) is 2.47. The van der Waals surface area contributed by atoms with Crippen LogP contribution in [0, 0.1) is 11.3 Å². The molecule has 2 atom stereocenters. The van der Waals surface area contributed by atoms with Gasteiger partial charge in [0.25, 0.3) is 0 Å². The zero-order chi connectivity index (χ0) is 11.1. The van der Waals surface area contributed by atoms with Crippen LogP contribution in [-0.4, -0.2) is 13.7 Å². The fraction of sp³-hybridized carbons (Fsp3) is 0.538. The molecule has 0 aromatic heterocycles. The summed E-state index contributed by atoms with van der Waals surface area (Å²) < 4.78 is 5.24. The van der Waals surface area contributed by atoms with E-state index in [1.807, 2.05) is 6.07 Å². The zero-order valence-electron chi connectivity index (χ0n) is 9.66. The normalized spacial score (nSPS) is 27.5. The fourth-order valence-corrected chi connectivity index (χ4v) is 2.68. The molecular weight excluding hydrogens is 186 g/mol. The molecule has 0 heterocycles. The van der Waals surface area contributed by atoms with Crippen LogP contribution in [0.1, 0.15) is 25.3 Å². The number of nitrogens with two attached hydrogens (primary N) is 1. The highest BCUT2D eigenvalue weighted by atomic mass is 16.5. The second kappa shape index (κ2) is 3.53. The number of methoxy groups -OCH3 is 1. The van der Waals surface area contributed by atoms with Crippen molar-refractivity contribution in [1.82, 2.24) is 0 Å². The van der Waals surface area contributed by atoms with Crippen molar-refractivity contribution in [3.8, 4) is 5.75 Å². The molecule has 0 spiro atoms.